The molecule has 3 rings (SSSR count). The van der Waals surface area contributed by atoms with Crippen molar-refractivity contribution in [1.82, 2.24) is 4.72 Å². The lowest BCUT2D eigenvalue weighted by Gasteiger charge is -2.25. The lowest BCUT2D eigenvalue weighted by atomic mass is 9.97. The fraction of sp³-hybridized carbons (Fsp3) is 0.562. The first kappa shape index (κ1) is 14.6. The van der Waals surface area contributed by atoms with Crippen LogP contribution in [0.1, 0.15) is 66.8 Å². The first-order valence-electron chi connectivity index (χ1n) is 7.72. The minimum atomic E-state index is -3.50. The highest BCUT2D eigenvalue weighted by molar-refractivity contribution is 7.90. The molecule has 0 saturated heterocycles. The third-order valence-corrected chi connectivity index (χ3v) is 6.54. The molecule has 0 atom stereocenters. The largest absolute Gasteiger partial charge is 0.268 e. The van der Waals surface area contributed by atoms with Crippen LogP contribution >= 0.6 is 0 Å². The molecule has 1 aromatic carbocycles. The van der Waals surface area contributed by atoms with Crippen LogP contribution in [-0.2, 0) is 10.0 Å². The lowest BCUT2D eigenvalue weighted by molar-refractivity contribution is 0.0980. The Morgan fingerprint density at radius 1 is 0.952 bits per heavy atom. The van der Waals surface area contributed by atoms with Crippen molar-refractivity contribution in [3.63, 3.8) is 0 Å². The number of hydrogen-bond acceptors (Lipinski definition) is 3. The molecule has 1 amide bonds. The van der Waals surface area contributed by atoms with E-state index < -0.39 is 15.9 Å². The number of hydrogen-bond donors (Lipinski definition) is 1. The summed E-state index contributed by atoms with van der Waals surface area (Å²) in [5.74, 6) is 0.0840. The summed E-state index contributed by atoms with van der Waals surface area (Å²) in [5.41, 5.74) is 1.67. The van der Waals surface area contributed by atoms with E-state index in [9.17, 15) is 13.2 Å². The Labute approximate surface area is 126 Å². The van der Waals surface area contributed by atoms with Crippen molar-refractivity contribution in [3.8, 4) is 0 Å². The highest BCUT2D eigenvalue weighted by atomic mass is 32.2. The van der Waals surface area contributed by atoms with Gasteiger partial charge >= 0.3 is 0 Å². The van der Waals surface area contributed by atoms with E-state index in [1.807, 2.05) is 12.1 Å². The zero-order chi connectivity index (χ0) is 14.9. The average Bonchev–Trinajstić information content (AvgIpc) is 2.89. The van der Waals surface area contributed by atoms with Gasteiger partial charge in [-0.2, -0.15) is 0 Å². The monoisotopic (exact) mass is 307 g/mol. The molecule has 114 valence electrons. The molecule has 1 N–H and O–H groups in total. The van der Waals surface area contributed by atoms with Gasteiger partial charge in [-0.3, -0.25) is 4.79 Å². The molecule has 0 aromatic heterocycles. The van der Waals surface area contributed by atoms with E-state index >= 15 is 0 Å². The fourth-order valence-electron chi connectivity index (χ4n) is 3.12. The van der Waals surface area contributed by atoms with Crippen molar-refractivity contribution in [2.75, 3.05) is 0 Å². The Morgan fingerprint density at radius 2 is 1.57 bits per heavy atom. The van der Waals surface area contributed by atoms with Crippen molar-refractivity contribution < 1.29 is 13.2 Å². The van der Waals surface area contributed by atoms with Crippen LogP contribution in [0.15, 0.2) is 24.3 Å². The normalized spacial score (nSPS) is 20.2. The molecule has 21 heavy (non-hydrogen) atoms. The zero-order valence-corrected chi connectivity index (χ0v) is 12.9. The molecule has 1 aromatic rings. The molecule has 0 heterocycles. The molecule has 0 spiro atoms. The number of benzene rings is 1. The lowest BCUT2D eigenvalue weighted by Crippen LogP contribution is -2.41. The van der Waals surface area contributed by atoms with Gasteiger partial charge in [0.2, 0.25) is 10.0 Å². The maximum absolute atomic E-state index is 12.0. The van der Waals surface area contributed by atoms with Gasteiger partial charge in [0, 0.05) is 5.56 Å². The van der Waals surface area contributed by atoms with E-state index in [1.54, 1.807) is 12.1 Å². The van der Waals surface area contributed by atoms with Crippen LogP contribution in [0.3, 0.4) is 0 Å². The molecule has 0 radical (unpaired) electrons. The Hall–Kier alpha value is -1.36. The van der Waals surface area contributed by atoms with Crippen molar-refractivity contribution in [1.29, 1.82) is 0 Å². The summed E-state index contributed by atoms with van der Waals surface area (Å²) in [7, 11) is -3.50. The summed E-state index contributed by atoms with van der Waals surface area (Å²) in [6.45, 7) is 0. The summed E-state index contributed by atoms with van der Waals surface area (Å²) in [6, 6.07) is 7.39. The second kappa shape index (κ2) is 5.79. The van der Waals surface area contributed by atoms with Gasteiger partial charge in [0.25, 0.3) is 5.91 Å². The zero-order valence-electron chi connectivity index (χ0n) is 12.0. The van der Waals surface area contributed by atoms with Gasteiger partial charge < -0.3 is 0 Å². The molecule has 5 heteroatoms. The number of nitrogens with one attached hydrogen (secondary N) is 1. The number of carbonyl (C=O) groups is 1. The summed E-state index contributed by atoms with van der Waals surface area (Å²) in [5, 5.41) is -0.390. The molecule has 2 aliphatic rings. The van der Waals surface area contributed by atoms with Gasteiger partial charge in [-0.25, -0.2) is 13.1 Å². The quantitative estimate of drug-likeness (QED) is 0.930. The molecule has 0 bridgehead atoms. The smallest absolute Gasteiger partial charge is 0.264 e. The average molecular weight is 307 g/mol. The molecule has 2 saturated carbocycles. The Balaban J connectivity index is 1.67. The fourth-order valence-corrected chi connectivity index (χ4v) is 4.62. The Morgan fingerprint density at radius 3 is 2.10 bits per heavy atom. The van der Waals surface area contributed by atoms with Gasteiger partial charge in [0.05, 0.1) is 5.25 Å². The molecule has 2 fully saturated rings. The van der Waals surface area contributed by atoms with Crippen LogP contribution in [0.4, 0.5) is 0 Å². The topological polar surface area (TPSA) is 63.2 Å². The highest BCUT2D eigenvalue weighted by Gasteiger charge is 2.32. The minimum Gasteiger partial charge on any atom is -0.268 e. The highest BCUT2D eigenvalue weighted by Crippen LogP contribution is 2.34. The number of sulfonamides is 1. The van der Waals surface area contributed by atoms with E-state index in [0.717, 1.165) is 6.42 Å². The summed E-state index contributed by atoms with van der Waals surface area (Å²) in [6.07, 6.45) is 7.20. The van der Waals surface area contributed by atoms with Gasteiger partial charge in [-0.15, -0.1) is 0 Å². The number of amides is 1. The molecule has 0 aliphatic heterocycles. The maximum Gasteiger partial charge on any atom is 0.264 e. The molecular formula is C16H21NO3S. The SMILES string of the molecule is O=C(NS(=O)(=O)C1CCC1)c1ccc(C2CCCC2)cc1. The predicted molar refractivity (Wildman–Crippen MR) is 81.7 cm³/mol. The van der Waals surface area contributed by atoms with Crippen molar-refractivity contribution >= 4 is 15.9 Å². The van der Waals surface area contributed by atoms with E-state index in [-0.39, 0.29) is 5.25 Å². The second-order valence-electron chi connectivity index (χ2n) is 6.13. The van der Waals surface area contributed by atoms with Gasteiger partial charge in [-0.05, 0) is 49.3 Å². The Bertz CT molecular complexity index is 611. The van der Waals surface area contributed by atoms with Crippen LogP contribution in [0.5, 0.6) is 0 Å². The van der Waals surface area contributed by atoms with E-state index in [0.29, 0.717) is 24.3 Å². The Kier molecular flexibility index (Phi) is 4.02. The molecule has 4 nitrogen and oxygen atoms in total. The molecular weight excluding hydrogens is 286 g/mol. The first-order valence-corrected chi connectivity index (χ1v) is 9.27. The third-order valence-electron chi connectivity index (χ3n) is 4.73. The summed E-state index contributed by atoms with van der Waals surface area (Å²) < 4.78 is 26.1. The number of rotatable bonds is 4. The summed E-state index contributed by atoms with van der Waals surface area (Å²) >= 11 is 0. The van der Waals surface area contributed by atoms with Crippen LogP contribution in [0.25, 0.3) is 0 Å². The van der Waals surface area contributed by atoms with E-state index in [2.05, 4.69) is 4.72 Å². The van der Waals surface area contributed by atoms with E-state index in [1.165, 1.54) is 31.2 Å². The molecule has 2 aliphatic carbocycles. The van der Waals surface area contributed by atoms with Crippen molar-refractivity contribution in [3.05, 3.63) is 35.4 Å². The van der Waals surface area contributed by atoms with Crippen LogP contribution in [0.2, 0.25) is 0 Å². The third kappa shape index (κ3) is 3.12. The standard InChI is InChI=1S/C16H21NO3S/c18-16(17-21(19,20)15-6-3-7-15)14-10-8-13(9-11-14)12-4-1-2-5-12/h8-12,15H,1-7H2,(H,17,18). The van der Waals surface area contributed by atoms with Crippen molar-refractivity contribution in [2.24, 2.45) is 0 Å². The van der Waals surface area contributed by atoms with Crippen LogP contribution < -0.4 is 4.72 Å². The summed E-state index contributed by atoms with van der Waals surface area (Å²) in [4.78, 5) is 12.0. The van der Waals surface area contributed by atoms with Gasteiger partial charge in [-0.1, -0.05) is 31.4 Å². The molecule has 0 unspecified atom stereocenters. The minimum absolute atomic E-state index is 0.390. The first-order chi connectivity index (χ1) is 10.1. The second-order valence-corrected chi connectivity index (χ2v) is 8.09. The maximum atomic E-state index is 12.0. The number of carbonyl (C=O) groups excluding carboxylic acids is 1. The van der Waals surface area contributed by atoms with Crippen molar-refractivity contribution in [2.45, 2.75) is 56.1 Å². The van der Waals surface area contributed by atoms with E-state index in [4.69, 9.17) is 0 Å². The van der Waals surface area contributed by atoms with Crippen LogP contribution in [-0.4, -0.2) is 19.6 Å². The van der Waals surface area contributed by atoms with Crippen LogP contribution in [0, 0.1) is 0 Å². The predicted octanol–water partition coefficient (Wildman–Crippen LogP) is 2.96. The van der Waals surface area contributed by atoms with Gasteiger partial charge in [0.1, 0.15) is 0 Å². The van der Waals surface area contributed by atoms with Gasteiger partial charge in [0.15, 0.2) is 0 Å².